The van der Waals surface area contributed by atoms with Crippen LogP contribution >= 0.6 is 27.3 Å². The highest BCUT2D eigenvalue weighted by Gasteiger charge is 2.03. The highest BCUT2D eigenvalue weighted by molar-refractivity contribution is 9.10. The van der Waals surface area contributed by atoms with Crippen LogP contribution in [0.1, 0.15) is 9.67 Å². The van der Waals surface area contributed by atoms with Crippen LogP contribution in [-0.4, -0.2) is 6.29 Å². The minimum Gasteiger partial charge on any atom is -0.297 e. The maximum absolute atomic E-state index is 12.3. The molecule has 0 fully saturated rings. The third-order valence-electron chi connectivity index (χ3n) is 0.780. The average Bonchev–Trinajstić information content (AvgIpc) is 2.13. The van der Waals surface area contributed by atoms with Crippen LogP contribution in [0.25, 0.3) is 0 Å². The van der Waals surface area contributed by atoms with E-state index in [0.717, 1.165) is 11.3 Å². The molecule has 0 aliphatic rings. The fourth-order valence-corrected chi connectivity index (χ4v) is 1.65. The Bertz CT molecular complexity index is 213. The van der Waals surface area contributed by atoms with E-state index in [-0.39, 0.29) is 5.13 Å². The van der Waals surface area contributed by atoms with Crippen molar-refractivity contribution in [2.45, 2.75) is 0 Å². The van der Waals surface area contributed by atoms with Crippen LogP contribution in [0.15, 0.2) is 10.5 Å². The van der Waals surface area contributed by atoms with Crippen LogP contribution in [0.2, 0.25) is 0 Å². The molecule has 0 radical (unpaired) electrons. The van der Waals surface area contributed by atoms with Gasteiger partial charge >= 0.3 is 0 Å². The van der Waals surface area contributed by atoms with Crippen molar-refractivity contribution in [3.8, 4) is 0 Å². The Hall–Kier alpha value is -0.220. The van der Waals surface area contributed by atoms with E-state index in [0.29, 0.717) is 15.6 Å². The molecule has 48 valence electrons. The first-order valence-corrected chi connectivity index (χ1v) is 3.75. The van der Waals surface area contributed by atoms with E-state index in [1.54, 1.807) is 0 Å². The maximum atomic E-state index is 12.3. The summed E-state index contributed by atoms with van der Waals surface area (Å²) in [7, 11) is 0. The van der Waals surface area contributed by atoms with Gasteiger partial charge in [0.15, 0.2) is 11.4 Å². The lowest BCUT2D eigenvalue weighted by Crippen LogP contribution is -1.62. The predicted molar refractivity (Wildman–Crippen MR) is 37.4 cm³/mol. The van der Waals surface area contributed by atoms with Gasteiger partial charge in [-0.25, -0.2) is 0 Å². The topological polar surface area (TPSA) is 17.1 Å². The van der Waals surface area contributed by atoms with Gasteiger partial charge in [0.05, 0.1) is 9.35 Å². The zero-order valence-corrected chi connectivity index (χ0v) is 6.63. The molecule has 0 saturated carbocycles. The Morgan fingerprint density at radius 1 is 1.78 bits per heavy atom. The van der Waals surface area contributed by atoms with Crippen molar-refractivity contribution in [1.82, 2.24) is 0 Å². The standard InChI is InChI=1S/C5H2BrFOS/c6-4-1-3(2-8)9-5(4)7/h1-2H. The molecule has 1 nitrogen and oxygen atoms in total. The smallest absolute Gasteiger partial charge is 0.191 e. The lowest BCUT2D eigenvalue weighted by atomic mass is 10.5. The van der Waals surface area contributed by atoms with E-state index >= 15 is 0 Å². The Kier molecular flexibility index (Phi) is 1.97. The van der Waals surface area contributed by atoms with Crippen LogP contribution in [0.5, 0.6) is 0 Å². The molecule has 4 heteroatoms. The Morgan fingerprint density at radius 2 is 2.44 bits per heavy atom. The zero-order valence-electron chi connectivity index (χ0n) is 4.23. The number of halogens is 2. The fraction of sp³-hybridized carbons (Fsp3) is 0. The van der Waals surface area contributed by atoms with E-state index in [4.69, 9.17) is 0 Å². The van der Waals surface area contributed by atoms with Crippen LogP contribution in [0.4, 0.5) is 4.39 Å². The lowest BCUT2D eigenvalue weighted by Gasteiger charge is -1.72. The SMILES string of the molecule is O=Cc1cc(Br)c(F)s1. The van der Waals surface area contributed by atoms with Gasteiger partial charge in [-0.1, -0.05) is 0 Å². The minimum absolute atomic E-state index is 0.350. The molecule has 0 N–H and O–H groups in total. The molecule has 9 heavy (non-hydrogen) atoms. The first-order chi connectivity index (χ1) is 4.24. The summed E-state index contributed by atoms with van der Waals surface area (Å²) in [5.41, 5.74) is 0. The van der Waals surface area contributed by atoms with Crippen LogP contribution in [0, 0.1) is 5.13 Å². The molecule has 0 aliphatic carbocycles. The van der Waals surface area contributed by atoms with Crippen molar-refractivity contribution < 1.29 is 9.18 Å². The second kappa shape index (κ2) is 2.58. The Labute approximate surface area is 63.6 Å². The van der Waals surface area contributed by atoms with E-state index in [1.165, 1.54) is 6.07 Å². The van der Waals surface area contributed by atoms with E-state index in [2.05, 4.69) is 15.9 Å². The second-order valence-corrected chi connectivity index (χ2v) is 3.28. The number of rotatable bonds is 1. The molecule has 0 bridgehead atoms. The van der Waals surface area contributed by atoms with Crippen molar-refractivity contribution in [2.24, 2.45) is 0 Å². The van der Waals surface area contributed by atoms with Gasteiger partial charge in [0.25, 0.3) is 0 Å². The van der Waals surface area contributed by atoms with Gasteiger partial charge in [-0.15, -0.1) is 11.3 Å². The fourth-order valence-electron chi connectivity index (χ4n) is 0.421. The first-order valence-electron chi connectivity index (χ1n) is 2.14. The summed E-state index contributed by atoms with van der Waals surface area (Å²) >= 11 is 3.77. The zero-order chi connectivity index (χ0) is 6.85. The van der Waals surface area contributed by atoms with Gasteiger partial charge in [0.1, 0.15) is 0 Å². The molecule has 0 unspecified atom stereocenters. The quantitative estimate of drug-likeness (QED) is 0.649. The number of hydrogen-bond donors (Lipinski definition) is 0. The molecular formula is C5H2BrFOS. The minimum atomic E-state index is -0.350. The molecule has 0 spiro atoms. The van der Waals surface area contributed by atoms with Crippen LogP contribution in [-0.2, 0) is 0 Å². The summed E-state index contributed by atoms with van der Waals surface area (Å²) in [6.07, 6.45) is 0.624. The summed E-state index contributed by atoms with van der Waals surface area (Å²) in [6.45, 7) is 0. The van der Waals surface area contributed by atoms with Crippen LogP contribution in [0.3, 0.4) is 0 Å². The van der Waals surface area contributed by atoms with Crippen molar-refractivity contribution in [3.05, 3.63) is 20.5 Å². The number of aldehydes is 1. The monoisotopic (exact) mass is 208 g/mol. The predicted octanol–water partition coefficient (Wildman–Crippen LogP) is 2.46. The third-order valence-corrected chi connectivity index (χ3v) is 2.47. The summed E-state index contributed by atoms with van der Waals surface area (Å²) < 4.78 is 12.7. The van der Waals surface area contributed by atoms with Crippen molar-refractivity contribution in [2.75, 3.05) is 0 Å². The Morgan fingerprint density at radius 3 is 2.67 bits per heavy atom. The number of hydrogen-bond acceptors (Lipinski definition) is 2. The van der Waals surface area contributed by atoms with Gasteiger partial charge < -0.3 is 0 Å². The average molecular weight is 209 g/mol. The van der Waals surface area contributed by atoms with E-state index < -0.39 is 0 Å². The highest BCUT2D eigenvalue weighted by Crippen LogP contribution is 2.23. The summed E-state index contributed by atoms with van der Waals surface area (Å²) in [5, 5.41) is -0.350. The van der Waals surface area contributed by atoms with Crippen molar-refractivity contribution >= 4 is 33.6 Å². The summed E-state index contributed by atoms with van der Waals surface area (Å²) in [4.78, 5) is 10.4. The molecule has 0 aromatic carbocycles. The lowest BCUT2D eigenvalue weighted by molar-refractivity contribution is 0.112. The molecular weight excluding hydrogens is 207 g/mol. The van der Waals surface area contributed by atoms with E-state index in [1.807, 2.05) is 0 Å². The van der Waals surface area contributed by atoms with Gasteiger partial charge in [-0.05, 0) is 22.0 Å². The number of carbonyl (C=O) groups excluding carboxylic acids is 1. The first kappa shape index (κ1) is 6.89. The molecule has 0 aliphatic heterocycles. The molecule has 1 rings (SSSR count). The maximum Gasteiger partial charge on any atom is 0.191 e. The molecule has 1 heterocycles. The van der Waals surface area contributed by atoms with Gasteiger partial charge in [-0.3, -0.25) is 4.79 Å². The van der Waals surface area contributed by atoms with Crippen molar-refractivity contribution in [1.29, 1.82) is 0 Å². The number of carbonyl (C=O) groups is 1. The molecule has 0 atom stereocenters. The van der Waals surface area contributed by atoms with Gasteiger partial charge in [0.2, 0.25) is 0 Å². The highest BCUT2D eigenvalue weighted by atomic mass is 79.9. The third kappa shape index (κ3) is 1.37. The Balaban J connectivity index is 3.11. The van der Waals surface area contributed by atoms with Crippen LogP contribution < -0.4 is 0 Å². The van der Waals surface area contributed by atoms with Crippen molar-refractivity contribution in [3.63, 3.8) is 0 Å². The largest absolute Gasteiger partial charge is 0.297 e. The molecule has 1 aromatic heterocycles. The van der Waals surface area contributed by atoms with E-state index in [9.17, 15) is 9.18 Å². The van der Waals surface area contributed by atoms with Gasteiger partial charge in [-0.2, -0.15) is 4.39 Å². The molecule has 1 aromatic rings. The normalized spacial score (nSPS) is 9.56. The second-order valence-electron chi connectivity index (χ2n) is 1.39. The summed E-state index contributed by atoms with van der Waals surface area (Å²) in [5.74, 6) is 0. The molecule has 0 amide bonds. The summed E-state index contributed by atoms with van der Waals surface area (Å²) in [6, 6.07) is 1.45. The molecule has 0 saturated heterocycles. The van der Waals surface area contributed by atoms with Gasteiger partial charge in [0, 0.05) is 0 Å². The number of thiophene rings is 1.